The van der Waals surface area contributed by atoms with Gasteiger partial charge in [0.15, 0.2) is 11.6 Å². The van der Waals surface area contributed by atoms with E-state index in [0.29, 0.717) is 12.3 Å². The summed E-state index contributed by atoms with van der Waals surface area (Å²) in [5, 5.41) is 13.4. The van der Waals surface area contributed by atoms with E-state index in [1.165, 1.54) is 13.2 Å². The van der Waals surface area contributed by atoms with Crippen LogP contribution in [0, 0.1) is 11.7 Å². The zero-order valence-electron chi connectivity index (χ0n) is 10.7. The number of hydrogen-bond acceptors (Lipinski definition) is 3. The van der Waals surface area contributed by atoms with E-state index in [0.717, 1.165) is 31.5 Å². The first kappa shape index (κ1) is 13.3. The molecule has 0 radical (unpaired) electrons. The van der Waals surface area contributed by atoms with E-state index >= 15 is 0 Å². The molecule has 0 amide bonds. The van der Waals surface area contributed by atoms with Gasteiger partial charge in [-0.3, -0.25) is 0 Å². The van der Waals surface area contributed by atoms with Gasteiger partial charge in [0.25, 0.3) is 0 Å². The molecule has 0 bridgehead atoms. The Morgan fingerprint density at radius 3 is 2.78 bits per heavy atom. The van der Waals surface area contributed by atoms with Gasteiger partial charge in [-0.25, -0.2) is 4.39 Å². The van der Waals surface area contributed by atoms with Crippen molar-refractivity contribution in [3.05, 3.63) is 29.6 Å². The van der Waals surface area contributed by atoms with E-state index in [9.17, 15) is 9.50 Å². The molecule has 1 aliphatic rings. The fourth-order valence-corrected chi connectivity index (χ4v) is 2.47. The number of piperidine rings is 1. The monoisotopic (exact) mass is 253 g/mol. The summed E-state index contributed by atoms with van der Waals surface area (Å²) >= 11 is 0. The molecule has 3 nitrogen and oxygen atoms in total. The third kappa shape index (κ3) is 3.21. The summed E-state index contributed by atoms with van der Waals surface area (Å²) in [6.45, 7) is 1.91. The van der Waals surface area contributed by atoms with Gasteiger partial charge in [0.1, 0.15) is 0 Å². The molecule has 2 N–H and O–H groups in total. The van der Waals surface area contributed by atoms with E-state index in [2.05, 4.69) is 5.32 Å². The van der Waals surface area contributed by atoms with Crippen LogP contribution in [0.2, 0.25) is 0 Å². The van der Waals surface area contributed by atoms with E-state index in [1.54, 1.807) is 6.07 Å². The number of hydrogen-bond donors (Lipinski definition) is 2. The molecular weight excluding hydrogens is 233 g/mol. The predicted molar refractivity (Wildman–Crippen MR) is 68.3 cm³/mol. The summed E-state index contributed by atoms with van der Waals surface area (Å²) in [6, 6.07) is 4.87. The second-order valence-corrected chi connectivity index (χ2v) is 4.83. The molecule has 1 atom stereocenters. The lowest BCUT2D eigenvalue weighted by Gasteiger charge is -2.27. The fourth-order valence-electron chi connectivity index (χ4n) is 2.47. The maximum Gasteiger partial charge on any atom is 0.165 e. The Kier molecular flexibility index (Phi) is 4.55. The Morgan fingerprint density at radius 1 is 1.44 bits per heavy atom. The number of nitrogens with one attached hydrogen (secondary N) is 1. The molecule has 1 fully saturated rings. The Bertz CT molecular complexity index is 391. The highest BCUT2D eigenvalue weighted by molar-refractivity contribution is 5.29. The smallest absolute Gasteiger partial charge is 0.165 e. The molecule has 1 heterocycles. The second-order valence-electron chi connectivity index (χ2n) is 4.83. The average Bonchev–Trinajstić information content (AvgIpc) is 2.40. The Morgan fingerprint density at radius 2 is 2.17 bits per heavy atom. The normalized spacial score (nSPS) is 18.6. The van der Waals surface area contributed by atoms with E-state index in [1.807, 2.05) is 6.07 Å². The van der Waals surface area contributed by atoms with Gasteiger partial charge in [0.2, 0.25) is 0 Å². The molecule has 1 aliphatic heterocycles. The molecule has 0 spiro atoms. The van der Waals surface area contributed by atoms with Crippen LogP contribution in [0.15, 0.2) is 18.2 Å². The molecule has 1 aromatic carbocycles. The molecule has 0 aliphatic carbocycles. The van der Waals surface area contributed by atoms with Gasteiger partial charge < -0.3 is 15.2 Å². The zero-order valence-corrected chi connectivity index (χ0v) is 10.7. The van der Waals surface area contributed by atoms with Gasteiger partial charge in [-0.15, -0.1) is 0 Å². The standard InChI is InChI=1S/C14H20FNO2/c1-18-14-3-2-10(8-12(14)15)9-13(17)11-4-6-16-7-5-11/h2-3,8,11,13,16-17H,4-7,9H2,1H3. The molecule has 100 valence electrons. The van der Waals surface area contributed by atoms with Gasteiger partial charge >= 0.3 is 0 Å². The summed E-state index contributed by atoms with van der Waals surface area (Å²) in [7, 11) is 1.45. The van der Waals surface area contributed by atoms with Gasteiger partial charge in [-0.2, -0.15) is 0 Å². The number of methoxy groups -OCH3 is 1. The first-order chi connectivity index (χ1) is 8.70. The number of rotatable bonds is 4. The summed E-state index contributed by atoms with van der Waals surface area (Å²) in [5.41, 5.74) is 0.819. The van der Waals surface area contributed by atoms with Crippen molar-refractivity contribution in [1.29, 1.82) is 0 Å². The summed E-state index contributed by atoms with van der Waals surface area (Å²) in [5.74, 6) is 0.194. The van der Waals surface area contributed by atoms with Gasteiger partial charge in [-0.1, -0.05) is 6.07 Å². The van der Waals surface area contributed by atoms with E-state index in [-0.39, 0.29) is 17.7 Å². The van der Waals surface area contributed by atoms with Crippen LogP contribution in [0.1, 0.15) is 18.4 Å². The molecule has 0 saturated carbocycles. The number of benzene rings is 1. The minimum Gasteiger partial charge on any atom is -0.494 e. The second kappa shape index (κ2) is 6.16. The zero-order chi connectivity index (χ0) is 13.0. The number of aliphatic hydroxyl groups excluding tert-OH is 1. The lowest BCUT2D eigenvalue weighted by atomic mass is 9.88. The Labute approximate surface area is 107 Å². The van der Waals surface area contributed by atoms with Crippen molar-refractivity contribution in [1.82, 2.24) is 5.32 Å². The summed E-state index contributed by atoms with van der Waals surface area (Å²) < 4.78 is 18.4. The van der Waals surface area contributed by atoms with Crippen molar-refractivity contribution in [3.8, 4) is 5.75 Å². The van der Waals surface area contributed by atoms with Crippen LogP contribution in [0.5, 0.6) is 5.75 Å². The largest absolute Gasteiger partial charge is 0.494 e. The van der Waals surface area contributed by atoms with Crippen LogP contribution in [0.4, 0.5) is 4.39 Å². The van der Waals surface area contributed by atoms with Crippen LogP contribution in [0.25, 0.3) is 0 Å². The molecule has 2 rings (SSSR count). The fraction of sp³-hybridized carbons (Fsp3) is 0.571. The maximum absolute atomic E-state index is 13.5. The minimum atomic E-state index is -0.389. The third-order valence-electron chi connectivity index (χ3n) is 3.59. The third-order valence-corrected chi connectivity index (χ3v) is 3.59. The molecule has 1 aromatic rings. The number of ether oxygens (including phenoxy) is 1. The predicted octanol–water partition coefficient (Wildman–Crippen LogP) is 1.74. The average molecular weight is 253 g/mol. The maximum atomic E-state index is 13.5. The quantitative estimate of drug-likeness (QED) is 0.858. The first-order valence-electron chi connectivity index (χ1n) is 6.42. The van der Waals surface area contributed by atoms with Gasteiger partial charge in [-0.05, 0) is 56.0 Å². The summed E-state index contributed by atoms with van der Waals surface area (Å²) in [4.78, 5) is 0. The van der Waals surface area contributed by atoms with Crippen LogP contribution >= 0.6 is 0 Å². The molecule has 4 heteroatoms. The highest BCUT2D eigenvalue weighted by atomic mass is 19.1. The number of aliphatic hydroxyl groups is 1. The van der Waals surface area contributed by atoms with Crippen LogP contribution < -0.4 is 10.1 Å². The van der Waals surface area contributed by atoms with E-state index < -0.39 is 0 Å². The molecular formula is C14H20FNO2. The molecule has 0 aromatic heterocycles. The Hall–Kier alpha value is -1.13. The Balaban J connectivity index is 1.97. The SMILES string of the molecule is COc1ccc(CC(O)C2CCNCC2)cc1F. The highest BCUT2D eigenvalue weighted by Crippen LogP contribution is 2.22. The van der Waals surface area contributed by atoms with Crippen molar-refractivity contribution in [2.75, 3.05) is 20.2 Å². The summed E-state index contributed by atoms with van der Waals surface area (Å²) in [6.07, 6.45) is 2.09. The number of halogens is 1. The lowest BCUT2D eigenvalue weighted by molar-refractivity contribution is 0.0890. The van der Waals surface area contributed by atoms with Crippen molar-refractivity contribution in [2.45, 2.75) is 25.4 Å². The molecule has 1 unspecified atom stereocenters. The van der Waals surface area contributed by atoms with Crippen molar-refractivity contribution < 1.29 is 14.2 Å². The molecule has 1 saturated heterocycles. The molecule has 18 heavy (non-hydrogen) atoms. The van der Waals surface area contributed by atoms with Crippen molar-refractivity contribution >= 4 is 0 Å². The van der Waals surface area contributed by atoms with Crippen LogP contribution in [-0.2, 0) is 6.42 Å². The topological polar surface area (TPSA) is 41.5 Å². The van der Waals surface area contributed by atoms with Crippen LogP contribution in [0.3, 0.4) is 0 Å². The van der Waals surface area contributed by atoms with Crippen molar-refractivity contribution in [2.24, 2.45) is 5.92 Å². The lowest BCUT2D eigenvalue weighted by Crippen LogP contribution is -2.35. The highest BCUT2D eigenvalue weighted by Gasteiger charge is 2.21. The van der Waals surface area contributed by atoms with Gasteiger partial charge in [0.05, 0.1) is 13.2 Å². The van der Waals surface area contributed by atoms with Crippen molar-refractivity contribution in [3.63, 3.8) is 0 Å². The van der Waals surface area contributed by atoms with E-state index in [4.69, 9.17) is 4.74 Å². The van der Waals surface area contributed by atoms with Gasteiger partial charge in [0, 0.05) is 0 Å². The minimum absolute atomic E-state index is 0.245. The van der Waals surface area contributed by atoms with Crippen LogP contribution in [-0.4, -0.2) is 31.4 Å². The first-order valence-corrected chi connectivity index (χ1v) is 6.42.